The number of sulfonamides is 1. The van der Waals surface area contributed by atoms with Crippen molar-refractivity contribution in [2.75, 3.05) is 29.8 Å². The molecule has 4 aromatic rings. The van der Waals surface area contributed by atoms with Crippen LogP contribution in [0.5, 0.6) is 5.88 Å². The molecule has 0 unspecified atom stereocenters. The number of nitrogens with one attached hydrogen (secondary N) is 1. The first-order valence-electron chi connectivity index (χ1n) is 16.4. The number of nitrogens with zero attached hydrogens (tertiary/aromatic N) is 6. The highest BCUT2D eigenvalue weighted by Crippen LogP contribution is 2.32. The molecule has 1 amide bonds. The number of hydrogen-bond donors (Lipinski definition) is 1. The van der Waals surface area contributed by atoms with Gasteiger partial charge in [-0.05, 0) is 60.4 Å². The van der Waals surface area contributed by atoms with Crippen molar-refractivity contribution in [3.05, 3.63) is 83.3 Å². The lowest BCUT2D eigenvalue weighted by Crippen LogP contribution is -2.45. The summed E-state index contributed by atoms with van der Waals surface area (Å²) in [6.07, 6.45) is 3.99. The zero-order valence-electron chi connectivity index (χ0n) is 29.9. The molecule has 11 nitrogen and oxygen atoms in total. The molecule has 1 aliphatic rings. The second-order valence-electron chi connectivity index (χ2n) is 15.3. The summed E-state index contributed by atoms with van der Waals surface area (Å²) in [5.41, 5.74) is 4.02. The Hall–Kier alpha value is -4.58. The molecule has 0 spiro atoms. The van der Waals surface area contributed by atoms with Crippen LogP contribution in [0.3, 0.4) is 0 Å². The predicted molar refractivity (Wildman–Crippen MR) is 192 cm³/mol. The number of aromatic nitrogens is 4. The van der Waals surface area contributed by atoms with Gasteiger partial charge in [0.2, 0.25) is 11.8 Å². The van der Waals surface area contributed by atoms with Gasteiger partial charge in [-0.1, -0.05) is 65.8 Å². The number of anilines is 2. The van der Waals surface area contributed by atoms with E-state index in [1.165, 1.54) is 12.1 Å². The summed E-state index contributed by atoms with van der Waals surface area (Å²) in [4.78, 5) is 36.6. The van der Waals surface area contributed by atoms with Crippen LogP contribution in [0.2, 0.25) is 0 Å². The highest BCUT2D eigenvalue weighted by molar-refractivity contribution is 7.92. The van der Waals surface area contributed by atoms with E-state index in [4.69, 9.17) is 9.72 Å². The van der Waals surface area contributed by atoms with Gasteiger partial charge in [0.05, 0.1) is 41.3 Å². The maximum Gasteiger partial charge on any atom is 0.264 e. The van der Waals surface area contributed by atoms with Gasteiger partial charge in [0.1, 0.15) is 12.4 Å². The number of rotatable bonds is 6. The Bertz CT molecular complexity index is 1910. The maximum absolute atomic E-state index is 14.4. The number of benzene rings is 2. The van der Waals surface area contributed by atoms with Gasteiger partial charge < -0.3 is 14.5 Å². The maximum atomic E-state index is 14.4. The Balaban J connectivity index is 1.61. The van der Waals surface area contributed by atoms with Crippen LogP contribution >= 0.6 is 0 Å². The Labute approximate surface area is 290 Å². The fourth-order valence-corrected chi connectivity index (χ4v) is 7.13. The van der Waals surface area contributed by atoms with Crippen molar-refractivity contribution < 1.29 is 17.9 Å². The highest BCUT2D eigenvalue weighted by Gasteiger charge is 2.32. The van der Waals surface area contributed by atoms with E-state index < -0.39 is 16.1 Å². The van der Waals surface area contributed by atoms with Crippen LogP contribution in [-0.4, -0.2) is 65.4 Å². The van der Waals surface area contributed by atoms with E-state index in [1.807, 2.05) is 39.1 Å². The molecule has 49 heavy (non-hydrogen) atoms. The summed E-state index contributed by atoms with van der Waals surface area (Å²) in [5, 5.41) is 0. The normalized spacial score (nSPS) is 16.5. The molecule has 1 atom stereocenters. The Kier molecular flexibility index (Phi) is 10.0. The molecule has 2 aromatic carbocycles. The average Bonchev–Trinajstić information content (AvgIpc) is 3.00. The number of amides is 1. The van der Waals surface area contributed by atoms with Crippen LogP contribution < -0.4 is 14.4 Å². The summed E-state index contributed by atoms with van der Waals surface area (Å²) in [6.45, 7) is 17.8. The molecule has 0 aliphatic carbocycles. The highest BCUT2D eigenvalue weighted by atomic mass is 32.2. The molecule has 2 aromatic heterocycles. The summed E-state index contributed by atoms with van der Waals surface area (Å²) in [5.74, 6) is 0.448. The van der Waals surface area contributed by atoms with Crippen molar-refractivity contribution in [1.82, 2.24) is 24.8 Å². The SMILES string of the molecule is Cc1cccc(C)c1-c1cc2nc(n1)NS(=O)(=O)c1cccc(c1)C(=O)N(Cc1cnc(N(C)CC(C)(C)C)cn1)[C@H](CC(C)(C)C)CO2. The third kappa shape index (κ3) is 8.91. The Morgan fingerprint density at radius 1 is 0.939 bits per heavy atom. The van der Waals surface area contributed by atoms with E-state index in [0.717, 1.165) is 29.1 Å². The zero-order chi connectivity index (χ0) is 35.7. The standard InChI is InChI=1S/C37H47N7O4S/c1-24-12-10-13-25(2)33(24)30-17-32-41-35(40-30)42-49(46,47)29-15-11-14-26(16-29)34(45)44(28(22-48-32)18-36(3,4)5)21-27-19-39-31(20-38-27)43(9)23-37(6,7)8/h10-17,19-20,28H,18,21-23H2,1-9H3,(H,40,41,42)/t28-/m1/s1. The molecule has 0 saturated heterocycles. The van der Waals surface area contributed by atoms with E-state index in [1.54, 1.807) is 35.5 Å². The van der Waals surface area contributed by atoms with E-state index >= 15 is 0 Å². The molecule has 4 bridgehead atoms. The number of carbonyl (C=O) groups is 1. The molecule has 3 heterocycles. The van der Waals surface area contributed by atoms with Crippen molar-refractivity contribution in [2.24, 2.45) is 10.8 Å². The number of hydrogen-bond acceptors (Lipinski definition) is 9. The molecule has 260 valence electrons. The fourth-order valence-electron chi connectivity index (χ4n) is 6.14. The monoisotopic (exact) mass is 685 g/mol. The van der Waals surface area contributed by atoms with Crippen molar-refractivity contribution in [3.63, 3.8) is 0 Å². The summed E-state index contributed by atoms with van der Waals surface area (Å²) in [6, 6.07) is 13.2. The third-order valence-corrected chi connectivity index (χ3v) is 9.48. The zero-order valence-corrected chi connectivity index (χ0v) is 30.7. The number of aryl methyl sites for hydroxylation is 2. The number of fused-ring (bicyclic) bond motifs is 4. The van der Waals surface area contributed by atoms with Crippen LogP contribution in [-0.2, 0) is 16.6 Å². The van der Waals surface area contributed by atoms with Gasteiger partial charge in [-0.3, -0.25) is 9.78 Å². The van der Waals surface area contributed by atoms with Gasteiger partial charge in [0.25, 0.3) is 15.9 Å². The van der Waals surface area contributed by atoms with Crippen LogP contribution in [0.15, 0.2) is 65.8 Å². The molecule has 0 fully saturated rings. The van der Waals surface area contributed by atoms with Gasteiger partial charge in [-0.25, -0.2) is 23.1 Å². The van der Waals surface area contributed by atoms with Crippen molar-refractivity contribution in [1.29, 1.82) is 0 Å². The summed E-state index contributed by atoms with van der Waals surface area (Å²) in [7, 11) is -2.19. The summed E-state index contributed by atoms with van der Waals surface area (Å²) >= 11 is 0. The smallest absolute Gasteiger partial charge is 0.264 e. The van der Waals surface area contributed by atoms with Crippen molar-refractivity contribution in [3.8, 4) is 17.1 Å². The third-order valence-electron chi connectivity index (χ3n) is 8.16. The van der Waals surface area contributed by atoms with Crippen molar-refractivity contribution in [2.45, 2.75) is 79.3 Å². The van der Waals surface area contributed by atoms with E-state index in [2.05, 4.69) is 66.1 Å². The first kappa shape index (κ1) is 35.7. The Morgan fingerprint density at radius 3 is 2.27 bits per heavy atom. The predicted octanol–water partition coefficient (Wildman–Crippen LogP) is 6.67. The molecule has 5 rings (SSSR count). The van der Waals surface area contributed by atoms with Gasteiger partial charge in [-0.2, -0.15) is 4.98 Å². The molecule has 1 N–H and O–H groups in total. The topological polar surface area (TPSA) is 131 Å². The quantitative estimate of drug-likeness (QED) is 0.236. The second-order valence-corrected chi connectivity index (χ2v) is 16.9. The van der Waals surface area contributed by atoms with Gasteiger partial charge in [-0.15, -0.1) is 0 Å². The van der Waals surface area contributed by atoms with E-state index in [9.17, 15) is 13.2 Å². The fraction of sp³-hybridized carbons (Fsp3) is 0.432. The van der Waals surface area contributed by atoms with Crippen LogP contribution in [0.4, 0.5) is 11.8 Å². The lowest BCUT2D eigenvalue weighted by Gasteiger charge is -2.35. The van der Waals surface area contributed by atoms with Crippen LogP contribution in [0, 0.1) is 24.7 Å². The Morgan fingerprint density at radius 2 is 1.63 bits per heavy atom. The minimum Gasteiger partial charge on any atom is -0.475 e. The molecule has 0 saturated carbocycles. The minimum absolute atomic E-state index is 0.0709. The number of carbonyl (C=O) groups excluding carboxylic acids is 1. The largest absolute Gasteiger partial charge is 0.475 e. The van der Waals surface area contributed by atoms with Gasteiger partial charge in [0, 0.05) is 30.8 Å². The molecular weight excluding hydrogens is 639 g/mol. The van der Waals surface area contributed by atoms with Crippen LogP contribution in [0.25, 0.3) is 11.3 Å². The average molecular weight is 686 g/mol. The van der Waals surface area contributed by atoms with Crippen LogP contribution in [0.1, 0.15) is 75.1 Å². The second kappa shape index (κ2) is 13.7. The van der Waals surface area contributed by atoms with E-state index in [-0.39, 0.29) is 52.2 Å². The van der Waals surface area contributed by atoms with E-state index in [0.29, 0.717) is 17.8 Å². The van der Waals surface area contributed by atoms with Gasteiger partial charge >= 0.3 is 0 Å². The number of ether oxygens (including phenoxy) is 1. The molecule has 12 heteroatoms. The molecular formula is C37H47N7O4S. The first-order valence-corrected chi connectivity index (χ1v) is 17.9. The van der Waals surface area contributed by atoms with Gasteiger partial charge in [0.15, 0.2) is 0 Å². The molecule has 1 aliphatic heterocycles. The summed E-state index contributed by atoms with van der Waals surface area (Å²) < 4.78 is 36.3. The van der Waals surface area contributed by atoms with Crippen molar-refractivity contribution >= 4 is 27.7 Å². The lowest BCUT2D eigenvalue weighted by molar-refractivity contribution is 0.0509. The minimum atomic E-state index is -4.17. The first-order chi connectivity index (χ1) is 22.9. The molecule has 0 radical (unpaired) electrons. The lowest BCUT2D eigenvalue weighted by atomic mass is 9.87.